The lowest BCUT2D eigenvalue weighted by Crippen LogP contribution is -2.43. The van der Waals surface area contributed by atoms with Crippen LogP contribution in [0.3, 0.4) is 0 Å². The number of anilines is 2. The van der Waals surface area contributed by atoms with Gasteiger partial charge in [-0.3, -0.25) is 9.69 Å². The number of carbonyl (C=O) groups is 1. The van der Waals surface area contributed by atoms with E-state index in [0.717, 1.165) is 17.0 Å². The van der Waals surface area contributed by atoms with Crippen LogP contribution in [-0.2, 0) is 0 Å². The van der Waals surface area contributed by atoms with E-state index in [4.69, 9.17) is 16.3 Å². The van der Waals surface area contributed by atoms with Gasteiger partial charge in [-0.2, -0.15) is 0 Å². The summed E-state index contributed by atoms with van der Waals surface area (Å²) >= 11 is 5.96. The highest BCUT2D eigenvalue weighted by atomic mass is 35.5. The summed E-state index contributed by atoms with van der Waals surface area (Å²) in [6.07, 6.45) is 1.15. The summed E-state index contributed by atoms with van der Waals surface area (Å²) < 4.78 is 5.23. The first-order chi connectivity index (χ1) is 12.7. The predicted molar refractivity (Wildman–Crippen MR) is 102 cm³/mol. The summed E-state index contributed by atoms with van der Waals surface area (Å²) in [6, 6.07) is 18.5. The minimum atomic E-state index is -0.392. The molecule has 26 heavy (non-hydrogen) atoms. The first-order valence-electron chi connectivity index (χ1n) is 8.12. The van der Waals surface area contributed by atoms with Gasteiger partial charge in [-0.15, -0.1) is 0 Å². The first-order valence-corrected chi connectivity index (χ1v) is 8.50. The zero-order valence-electron chi connectivity index (χ0n) is 14.0. The lowest BCUT2D eigenvalue weighted by molar-refractivity contribution is 0.0974. The molecule has 0 fully saturated rings. The Hall–Kier alpha value is -3.05. The fourth-order valence-corrected chi connectivity index (χ4v) is 3.13. The van der Waals surface area contributed by atoms with Crippen molar-refractivity contribution in [3.05, 3.63) is 83.0 Å². The predicted octanol–water partition coefficient (Wildman–Crippen LogP) is 4.51. The number of carbonyl (C=O) groups excluding carboxylic acids is 1. The van der Waals surface area contributed by atoms with Gasteiger partial charge in [-0.25, -0.2) is 4.98 Å². The van der Waals surface area contributed by atoms with Crippen LogP contribution in [0.1, 0.15) is 22.1 Å². The van der Waals surface area contributed by atoms with E-state index in [0.29, 0.717) is 16.4 Å². The topological polar surface area (TPSA) is 54.5 Å². The molecule has 1 aliphatic rings. The van der Waals surface area contributed by atoms with Gasteiger partial charge in [0.2, 0.25) is 0 Å². The minimum absolute atomic E-state index is 0.116. The molecule has 1 N–H and O–H groups in total. The van der Waals surface area contributed by atoms with Gasteiger partial charge in [0.15, 0.2) is 0 Å². The third-order valence-electron chi connectivity index (χ3n) is 4.32. The lowest BCUT2D eigenvalue weighted by atomic mass is 10.0. The molecular weight excluding hydrogens is 350 g/mol. The maximum Gasteiger partial charge on any atom is 0.263 e. The van der Waals surface area contributed by atoms with Crippen LogP contribution in [0.25, 0.3) is 0 Å². The molecule has 0 saturated heterocycles. The van der Waals surface area contributed by atoms with Crippen molar-refractivity contribution in [3.8, 4) is 5.75 Å². The molecule has 5 nitrogen and oxygen atoms in total. The molecule has 1 amide bonds. The Bertz CT molecular complexity index is 942. The SMILES string of the molecule is COc1ccc([C@H]2Nc3ccccc3C(=O)N2c2ccc(Cl)cn2)cc1. The third-order valence-corrected chi connectivity index (χ3v) is 4.54. The van der Waals surface area contributed by atoms with E-state index in [1.807, 2.05) is 42.5 Å². The number of halogens is 1. The summed E-state index contributed by atoms with van der Waals surface area (Å²) in [4.78, 5) is 19.2. The monoisotopic (exact) mass is 365 g/mol. The van der Waals surface area contributed by atoms with Crippen LogP contribution in [0.15, 0.2) is 66.9 Å². The Morgan fingerprint density at radius 3 is 2.54 bits per heavy atom. The van der Waals surface area contributed by atoms with Crippen LogP contribution in [0.5, 0.6) is 5.75 Å². The van der Waals surface area contributed by atoms with E-state index in [-0.39, 0.29) is 5.91 Å². The molecule has 1 aliphatic heterocycles. The van der Waals surface area contributed by atoms with Crippen LogP contribution in [0.2, 0.25) is 5.02 Å². The summed E-state index contributed by atoms with van der Waals surface area (Å²) in [6.45, 7) is 0. The summed E-state index contributed by atoms with van der Waals surface area (Å²) in [7, 11) is 1.62. The number of methoxy groups -OCH3 is 1. The standard InChI is InChI=1S/C20H16ClN3O2/c1-26-15-9-6-13(7-10-15)19-23-17-5-3-2-4-16(17)20(25)24(19)18-11-8-14(21)12-22-18/h2-12,19,23H,1H3/t19-/m0/s1. The first kappa shape index (κ1) is 16.4. The van der Waals surface area contributed by atoms with Crippen molar-refractivity contribution in [1.29, 1.82) is 0 Å². The number of fused-ring (bicyclic) bond motifs is 1. The number of pyridine rings is 1. The van der Waals surface area contributed by atoms with E-state index in [2.05, 4.69) is 10.3 Å². The molecule has 0 aliphatic carbocycles. The van der Waals surface area contributed by atoms with Gasteiger partial charge in [0.05, 0.1) is 17.7 Å². The van der Waals surface area contributed by atoms with Gasteiger partial charge in [0.1, 0.15) is 17.7 Å². The van der Waals surface area contributed by atoms with Crippen molar-refractivity contribution < 1.29 is 9.53 Å². The van der Waals surface area contributed by atoms with E-state index in [1.54, 1.807) is 30.2 Å². The molecule has 6 heteroatoms. The molecule has 0 bridgehead atoms. The normalized spacial score (nSPS) is 16.0. The number of hydrogen-bond donors (Lipinski definition) is 1. The van der Waals surface area contributed by atoms with Crippen molar-refractivity contribution in [2.75, 3.05) is 17.3 Å². The van der Waals surface area contributed by atoms with Gasteiger partial charge in [0.25, 0.3) is 5.91 Å². The largest absolute Gasteiger partial charge is 0.497 e. The highest BCUT2D eigenvalue weighted by Crippen LogP contribution is 2.36. The zero-order valence-corrected chi connectivity index (χ0v) is 14.8. The molecule has 3 aromatic rings. The van der Waals surface area contributed by atoms with Gasteiger partial charge in [0, 0.05) is 11.9 Å². The number of aromatic nitrogens is 1. The van der Waals surface area contributed by atoms with Crippen molar-refractivity contribution in [2.45, 2.75) is 6.17 Å². The number of rotatable bonds is 3. The maximum absolute atomic E-state index is 13.2. The highest BCUT2D eigenvalue weighted by Gasteiger charge is 2.34. The number of nitrogens with zero attached hydrogens (tertiary/aromatic N) is 2. The maximum atomic E-state index is 13.2. The van der Waals surface area contributed by atoms with Gasteiger partial charge < -0.3 is 10.1 Å². The summed E-state index contributed by atoms with van der Waals surface area (Å²) in [5.41, 5.74) is 2.32. The van der Waals surface area contributed by atoms with Crippen LogP contribution in [-0.4, -0.2) is 18.0 Å². The molecule has 2 heterocycles. The van der Waals surface area contributed by atoms with E-state index in [9.17, 15) is 4.79 Å². The molecule has 0 spiro atoms. The second kappa shape index (κ2) is 6.69. The Balaban J connectivity index is 1.82. The summed E-state index contributed by atoms with van der Waals surface area (Å²) in [5, 5.41) is 3.96. The number of nitrogens with one attached hydrogen (secondary N) is 1. The smallest absolute Gasteiger partial charge is 0.263 e. The average Bonchev–Trinajstić information content (AvgIpc) is 2.69. The number of hydrogen-bond acceptors (Lipinski definition) is 4. The van der Waals surface area contributed by atoms with Crippen LogP contribution in [0.4, 0.5) is 11.5 Å². The van der Waals surface area contributed by atoms with Gasteiger partial charge >= 0.3 is 0 Å². The molecule has 1 atom stereocenters. The Morgan fingerprint density at radius 1 is 1.08 bits per heavy atom. The van der Waals surface area contributed by atoms with Crippen molar-refractivity contribution >= 4 is 29.0 Å². The van der Waals surface area contributed by atoms with E-state index in [1.165, 1.54) is 6.20 Å². The Labute approximate surface area is 156 Å². The lowest BCUT2D eigenvalue weighted by Gasteiger charge is -2.37. The van der Waals surface area contributed by atoms with Gasteiger partial charge in [-0.05, 0) is 42.0 Å². The second-order valence-corrected chi connectivity index (χ2v) is 6.31. The molecule has 1 aromatic heterocycles. The fraction of sp³-hybridized carbons (Fsp3) is 0.100. The Kier molecular flexibility index (Phi) is 4.22. The fourth-order valence-electron chi connectivity index (χ4n) is 3.02. The quantitative estimate of drug-likeness (QED) is 0.741. The molecule has 2 aromatic carbocycles. The van der Waals surface area contributed by atoms with E-state index >= 15 is 0 Å². The average molecular weight is 366 g/mol. The molecular formula is C20H16ClN3O2. The van der Waals surface area contributed by atoms with E-state index < -0.39 is 6.17 Å². The molecule has 0 unspecified atom stereocenters. The van der Waals surface area contributed by atoms with Crippen molar-refractivity contribution in [1.82, 2.24) is 4.98 Å². The van der Waals surface area contributed by atoms with Crippen LogP contribution >= 0.6 is 11.6 Å². The number of amides is 1. The minimum Gasteiger partial charge on any atom is -0.497 e. The van der Waals surface area contributed by atoms with Crippen LogP contribution < -0.4 is 15.0 Å². The number of para-hydroxylation sites is 1. The van der Waals surface area contributed by atoms with Crippen molar-refractivity contribution in [2.24, 2.45) is 0 Å². The van der Waals surface area contributed by atoms with Crippen LogP contribution in [0, 0.1) is 0 Å². The molecule has 130 valence electrons. The highest BCUT2D eigenvalue weighted by molar-refractivity contribution is 6.30. The van der Waals surface area contributed by atoms with Gasteiger partial charge in [-0.1, -0.05) is 35.9 Å². The third kappa shape index (κ3) is 2.86. The number of ether oxygens (including phenoxy) is 1. The Morgan fingerprint density at radius 2 is 1.85 bits per heavy atom. The summed E-state index contributed by atoms with van der Waals surface area (Å²) in [5.74, 6) is 1.17. The number of benzene rings is 2. The molecule has 0 radical (unpaired) electrons. The zero-order chi connectivity index (χ0) is 18.1. The second-order valence-electron chi connectivity index (χ2n) is 5.88. The molecule has 4 rings (SSSR count). The molecule has 0 saturated carbocycles. The van der Waals surface area contributed by atoms with Crippen molar-refractivity contribution in [3.63, 3.8) is 0 Å².